The van der Waals surface area contributed by atoms with Gasteiger partial charge in [0, 0.05) is 25.8 Å². The summed E-state index contributed by atoms with van der Waals surface area (Å²) in [6.45, 7) is 4.64. The van der Waals surface area contributed by atoms with Crippen LogP contribution in [-0.4, -0.2) is 38.4 Å². The van der Waals surface area contributed by atoms with E-state index in [4.69, 9.17) is 9.47 Å². The Bertz CT molecular complexity index is 377. The monoisotopic (exact) mass is 301 g/mol. The number of rotatable bonds is 11. The quantitative estimate of drug-likeness (QED) is 0.636. The highest BCUT2D eigenvalue weighted by Gasteiger charge is 2.09. The van der Waals surface area contributed by atoms with Gasteiger partial charge in [-0.1, -0.05) is 19.1 Å². The maximum Gasteiger partial charge on any atom is 0.165 e. The van der Waals surface area contributed by atoms with E-state index in [1.165, 1.54) is 6.07 Å². The highest BCUT2D eigenvalue weighted by molar-refractivity contribution is 7.99. The third-order valence-electron chi connectivity index (χ3n) is 2.73. The third kappa shape index (κ3) is 6.59. The van der Waals surface area contributed by atoms with E-state index in [0.717, 1.165) is 30.0 Å². The number of para-hydroxylation sites is 1. The molecule has 1 aromatic rings. The van der Waals surface area contributed by atoms with Gasteiger partial charge < -0.3 is 14.8 Å². The Morgan fingerprint density at radius 3 is 2.90 bits per heavy atom. The number of thioether (sulfide) groups is 1. The first-order valence-corrected chi connectivity index (χ1v) is 8.12. The molecule has 1 N–H and O–H groups in total. The Kier molecular flexibility index (Phi) is 9.45. The summed E-state index contributed by atoms with van der Waals surface area (Å²) >= 11 is 1.87. The molecule has 5 heteroatoms. The van der Waals surface area contributed by atoms with Crippen molar-refractivity contribution in [1.82, 2.24) is 5.32 Å². The molecule has 0 saturated carbocycles. The van der Waals surface area contributed by atoms with Gasteiger partial charge in [-0.3, -0.25) is 0 Å². The van der Waals surface area contributed by atoms with Crippen molar-refractivity contribution in [3.63, 3.8) is 0 Å². The number of ether oxygens (including phenoxy) is 2. The van der Waals surface area contributed by atoms with Gasteiger partial charge in [0.05, 0.1) is 13.2 Å². The molecule has 0 fully saturated rings. The molecular formula is C15H24FNO2S. The molecule has 0 atom stereocenters. The minimum absolute atomic E-state index is 0.292. The lowest BCUT2D eigenvalue weighted by molar-refractivity contribution is 0.199. The molecule has 114 valence electrons. The van der Waals surface area contributed by atoms with Crippen LogP contribution in [-0.2, 0) is 11.3 Å². The topological polar surface area (TPSA) is 30.5 Å². The van der Waals surface area contributed by atoms with E-state index in [1.54, 1.807) is 13.2 Å². The van der Waals surface area contributed by atoms with Crippen LogP contribution in [0.25, 0.3) is 0 Å². The molecule has 0 aromatic heterocycles. The van der Waals surface area contributed by atoms with Crippen LogP contribution < -0.4 is 10.1 Å². The normalized spacial score (nSPS) is 10.8. The van der Waals surface area contributed by atoms with Crippen LogP contribution in [0.1, 0.15) is 18.9 Å². The molecule has 0 spiro atoms. The number of hydrogen-bond acceptors (Lipinski definition) is 4. The molecule has 1 aromatic carbocycles. The van der Waals surface area contributed by atoms with Gasteiger partial charge in [0.2, 0.25) is 0 Å². The molecule has 0 aliphatic rings. The predicted octanol–water partition coefficient (Wildman–Crippen LogP) is 3.08. The van der Waals surface area contributed by atoms with Crippen LogP contribution >= 0.6 is 11.8 Å². The Morgan fingerprint density at radius 2 is 2.15 bits per heavy atom. The summed E-state index contributed by atoms with van der Waals surface area (Å²) < 4.78 is 24.4. The van der Waals surface area contributed by atoms with Crippen LogP contribution in [0.2, 0.25) is 0 Å². The fraction of sp³-hybridized carbons (Fsp3) is 0.600. The second kappa shape index (κ2) is 10.9. The minimum Gasteiger partial charge on any atom is -0.490 e. The van der Waals surface area contributed by atoms with Crippen molar-refractivity contribution in [3.8, 4) is 5.75 Å². The molecule has 0 aliphatic carbocycles. The predicted molar refractivity (Wildman–Crippen MR) is 83.1 cm³/mol. The van der Waals surface area contributed by atoms with Gasteiger partial charge in [-0.2, -0.15) is 11.8 Å². The number of halogens is 1. The van der Waals surface area contributed by atoms with E-state index in [2.05, 4.69) is 12.2 Å². The zero-order valence-corrected chi connectivity index (χ0v) is 13.1. The molecule has 0 amide bonds. The van der Waals surface area contributed by atoms with Gasteiger partial charge in [0.15, 0.2) is 11.6 Å². The number of nitrogens with one attached hydrogen (secondary N) is 1. The Labute approximate surface area is 125 Å². The first-order chi connectivity index (χ1) is 9.79. The van der Waals surface area contributed by atoms with E-state index in [-0.39, 0.29) is 5.82 Å². The lowest BCUT2D eigenvalue weighted by Gasteiger charge is -2.13. The Morgan fingerprint density at radius 1 is 1.30 bits per heavy atom. The van der Waals surface area contributed by atoms with Crippen molar-refractivity contribution >= 4 is 11.8 Å². The molecule has 0 unspecified atom stereocenters. The zero-order valence-electron chi connectivity index (χ0n) is 12.3. The van der Waals surface area contributed by atoms with E-state index >= 15 is 0 Å². The molecule has 0 saturated heterocycles. The standard InChI is InChI=1S/C15H24FNO2S/c1-3-20-11-5-9-19-15-13(6-4-7-14(15)16)12-17-8-10-18-2/h4,6-7,17H,3,5,8-12H2,1-2H3. The van der Waals surface area contributed by atoms with E-state index in [9.17, 15) is 4.39 Å². The van der Waals surface area contributed by atoms with Crippen molar-refractivity contribution in [2.75, 3.05) is 38.4 Å². The average Bonchev–Trinajstić information content (AvgIpc) is 2.45. The molecule has 1 rings (SSSR count). The molecule has 0 heterocycles. The van der Waals surface area contributed by atoms with Gasteiger partial charge in [-0.15, -0.1) is 0 Å². The lowest BCUT2D eigenvalue weighted by Crippen LogP contribution is -2.19. The largest absolute Gasteiger partial charge is 0.490 e. The van der Waals surface area contributed by atoms with Gasteiger partial charge in [0.1, 0.15) is 0 Å². The van der Waals surface area contributed by atoms with Crippen molar-refractivity contribution in [3.05, 3.63) is 29.6 Å². The fourth-order valence-electron chi connectivity index (χ4n) is 1.73. The van der Waals surface area contributed by atoms with Crippen molar-refractivity contribution in [2.24, 2.45) is 0 Å². The van der Waals surface area contributed by atoms with Crippen LogP contribution in [0, 0.1) is 5.82 Å². The van der Waals surface area contributed by atoms with Crippen LogP contribution in [0.5, 0.6) is 5.75 Å². The molecular weight excluding hydrogens is 277 g/mol. The van der Waals surface area contributed by atoms with Crippen molar-refractivity contribution < 1.29 is 13.9 Å². The second-order valence-corrected chi connectivity index (χ2v) is 5.69. The second-order valence-electron chi connectivity index (χ2n) is 4.30. The molecule has 0 radical (unpaired) electrons. The van der Waals surface area contributed by atoms with Crippen LogP contribution in [0.3, 0.4) is 0 Å². The molecule has 20 heavy (non-hydrogen) atoms. The van der Waals surface area contributed by atoms with Crippen LogP contribution in [0.4, 0.5) is 4.39 Å². The molecule has 3 nitrogen and oxygen atoms in total. The number of methoxy groups -OCH3 is 1. The fourth-order valence-corrected chi connectivity index (χ4v) is 2.34. The van der Waals surface area contributed by atoms with E-state index < -0.39 is 0 Å². The maximum atomic E-state index is 13.8. The molecule has 0 bridgehead atoms. The summed E-state index contributed by atoms with van der Waals surface area (Å²) in [6, 6.07) is 5.04. The van der Waals surface area contributed by atoms with E-state index in [0.29, 0.717) is 25.5 Å². The number of benzene rings is 1. The summed E-state index contributed by atoms with van der Waals surface area (Å²) in [5, 5.41) is 3.21. The molecule has 0 aliphatic heterocycles. The van der Waals surface area contributed by atoms with Gasteiger partial charge in [0.25, 0.3) is 0 Å². The summed E-state index contributed by atoms with van der Waals surface area (Å²) in [5.74, 6) is 2.24. The highest BCUT2D eigenvalue weighted by Crippen LogP contribution is 2.23. The smallest absolute Gasteiger partial charge is 0.165 e. The number of hydrogen-bond donors (Lipinski definition) is 1. The van der Waals surface area contributed by atoms with Gasteiger partial charge in [-0.25, -0.2) is 4.39 Å². The Balaban J connectivity index is 2.45. The van der Waals surface area contributed by atoms with Crippen LogP contribution in [0.15, 0.2) is 18.2 Å². The minimum atomic E-state index is -0.292. The van der Waals surface area contributed by atoms with Gasteiger partial charge >= 0.3 is 0 Å². The first kappa shape index (κ1) is 17.3. The van der Waals surface area contributed by atoms with E-state index in [1.807, 2.05) is 17.8 Å². The Hall–Kier alpha value is -0.780. The lowest BCUT2D eigenvalue weighted by atomic mass is 10.2. The first-order valence-electron chi connectivity index (χ1n) is 6.97. The zero-order chi connectivity index (χ0) is 14.6. The summed E-state index contributed by atoms with van der Waals surface area (Å²) in [6.07, 6.45) is 0.934. The van der Waals surface area contributed by atoms with Crippen molar-refractivity contribution in [1.29, 1.82) is 0 Å². The third-order valence-corrected chi connectivity index (χ3v) is 3.72. The van der Waals surface area contributed by atoms with Gasteiger partial charge in [-0.05, 0) is 24.0 Å². The SMILES string of the molecule is CCSCCCOc1c(F)cccc1CNCCOC. The summed E-state index contributed by atoms with van der Waals surface area (Å²) in [5.41, 5.74) is 0.851. The summed E-state index contributed by atoms with van der Waals surface area (Å²) in [4.78, 5) is 0. The highest BCUT2D eigenvalue weighted by atomic mass is 32.2. The summed E-state index contributed by atoms with van der Waals surface area (Å²) in [7, 11) is 1.66. The van der Waals surface area contributed by atoms with Crippen molar-refractivity contribution in [2.45, 2.75) is 19.9 Å². The maximum absolute atomic E-state index is 13.8. The average molecular weight is 301 g/mol.